The van der Waals surface area contributed by atoms with Crippen LogP contribution in [0, 0.1) is 0 Å². The highest BCUT2D eigenvalue weighted by molar-refractivity contribution is 6.30. The van der Waals surface area contributed by atoms with Crippen molar-refractivity contribution in [1.29, 1.82) is 0 Å². The molecule has 210 valence electrons. The second-order valence-corrected chi connectivity index (χ2v) is 11.3. The Balaban J connectivity index is 1.13. The molecular formula is C32H33Cl2N7. The molecule has 0 spiro atoms. The van der Waals surface area contributed by atoms with Crippen LogP contribution in [0.3, 0.4) is 0 Å². The monoisotopic (exact) mass is 585 g/mol. The zero-order valence-corrected chi connectivity index (χ0v) is 24.3. The summed E-state index contributed by atoms with van der Waals surface area (Å²) in [4.78, 5) is 19.0. The SMILES string of the molecule is Clc1ccc(C(c2ccc(Cl)cc2)N2CCN(Cc3nc(NCCCn4ccnc4)c4ccccc4n3)CC2)cc1. The molecule has 0 saturated carbocycles. The number of aryl methyl sites for hydroxylation is 1. The molecule has 0 unspecified atom stereocenters. The number of hydrogen-bond acceptors (Lipinski definition) is 6. The van der Waals surface area contributed by atoms with Gasteiger partial charge in [-0.2, -0.15) is 0 Å². The molecule has 0 radical (unpaired) electrons. The number of anilines is 1. The fraction of sp³-hybridized carbons (Fsp3) is 0.281. The predicted molar refractivity (Wildman–Crippen MR) is 166 cm³/mol. The van der Waals surface area contributed by atoms with Crippen molar-refractivity contribution >= 4 is 39.9 Å². The van der Waals surface area contributed by atoms with E-state index in [0.29, 0.717) is 0 Å². The zero-order chi connectivity index (χ0) is 28.0. The van der Waals surface area contributed by atoms with Gasteiger partial charge in [0.1, 0.15) is 11.6 Å². The highest BCUT2D eigenvalue weighted by Crippen LogP contribution is 2.31. The van der Waals surface area contributed by atoms with Gasteiger partial charge in [0.25, 0.3) is 0 Å². The van der Waals surface area contributed by atoms with Gasteiger partial charge >= 0.3 is 0 Å². The molecule has 1 aliphatic heterocycles. The van der Waals surface area contributed by atoms with E-state index in [-0.39, 0.29) is 6.04 Å². The summed E-state index contributed by atoms with van der Waals surface area (Å²) in [7, 11) is 0. The zero-order valence-electron chi connectivity index (χ0n) is 22.8. The Bertz CT molecular complexity index is 1500. The summed E-state index contributed by atoms with van der Waals surface area (Å²) in [6.07, 6.45) is 6.64. The second kappa shape index (κ2) is 13.0. The summed E-state index contributed by atoms with van der Waals surface area (Å²) >= 11 is 12.4. The lowest BCUT2D eigenvalue weighted by Crippen LogP contribution is -2.47. The van der Waals surface area contributed by atoms with Crippen LogP contribution in [0.15, 0.2) is 91.5 Å². The van der Waals surface area contributed by atoms with Crippen molar-refractivity contribution in [2.24, 2.45) is 0 Å². The molecule has 5 aromatic rings. The van der Waals surface area contributed by atoms with Crippen LogP contribution < -0.4 is 5.32 Å². The Morgan fingerprint density at radius 3 is 2.15 bits per heavy atom. The minimum Gasteiger partial charge on any atom is -0.369 e. The van der Waals surface area contributed by atoms with Gasteiger partial charge < -0.3 is 9.88 Å². The van der Waals surface area contributed by atoms with Crippen molar-refractivity contribution < 1.29 is 0 Å². The van der Waals surface area contributed by atoms with Crippen molar-refractivity contribution in [3.05, 3.63) is 119 Å². The Kier molecular flexibility index (Phi) is 8.77. The highest BCUT2D eigenvalue weighted by Gasteiger charge is 2.27. The number of halogens is 2. The number of imidazole rings is 1. The van der Waals surface area contributed by atoms with E-state index >= 15 is 0 Å². The number of rotatable bonds is 10. The summed E-state index contributed by atoms with van der Waals surface area (Å²) < 4.78 is 2.09. The number of hydrogen-bond donors (Lipinski definition) is 1. The summed E-state index contributed by atoms with van der Waals surface area (Å²) in [5.74, 6) is 1.75. The molecule has 2 aromatic heterocycles. The normalized spacial score (nSPS) is 14.6. The van der Waals surface area contributed by atoms with E-state index in [2.05, 4.69) is 61.1 Å². The van der Waals surface area contributed by atoms with Gasteiger partial charge in [-0.05, 0) is 53.9 Å². The molecule has 41 heavy (non-hydrogen) atoms. The minimum absolute atomic E-state index is 0.140. The average Bonchev–Trinajstić information content (AvgIpc) is 3.52. The molecule has 6 rings (SSSR count). The van der Waals surface area contributed by atoms with Gasteiger partial charge in [-0.1, -0.05) is 59.6 Å². The molecule has 9 heteroatoms. The summed E-state index contributed by atoms with van der Waals surface area (Å²) in [5.41, 5.74) is 3.43. The third kappa shape index (κ3) is 6.88. The standard InChI is InChI=1S/C32H33Cl2N7/c33-26-10-6-24(7-11-26)31(25-8-12-27(34)13-9-25)41-20-18-39(19-21-41)22-30-37-29-5-2-1-4-28(29)32(38-30)36-14-3-16-40-17-15-35-23-40/h1-2,4-13,15,17,23,31H,3,14,16,18-22H2,(H,36,37,38). The van der Waals surface area contributed by atoms with E-state index < -0.39 is 0 Å². The molecule has 0 amide bonds. The van der Waals surface area contributed by atoms with Crippen molar-refractivity contribution in [2.75, 3.05) is 38.0 Å². The molecule has 0 atom stereocenters. The van der Waals surface area contributed by atoms with E-state index in [1.807, 2.05) is 55.1 Å². The Hall–Kier alpha value is -3.49. The number of fused-ring (bicyclic) bond motifs is 1. The van der Waals surface area contributed by atoms with Crippen LogP contribution >= 0.6 is 23.2 Å². The van der Waals surface area contributed by atoms with Crippen LogP contribution in [-0.2, 0) is 13.1 Å². The van der Waals surface area contributed by atoms with Crippen LogP contribution in [0.25, 0.3) is 10.9 Å². The third-order valence-electron chi connectivity index (χ3n) is 7.60. The van der Waals surface area contributed by atoms with E-state index in [0.717, 1.165) is 84.8 Å². The topological polar surface area (TPSA) is 62.1 Å². The van der Waals surface area contributed by atoms with Crippen LogP contribution in [0.4, 0.5) is 5.82 Å². The van der Waals surface area contributed by atoms with E-state index in [1.54, 1.807) is 0 Å². The van der Waals surface area contributed by atoms with Gasteiger partial charge in [0.2, 0.25) is 0 Å². The molecular weight excluding hydrogens is 553 g/mol. The lowest BCUT2D eigenvalue weighted by Gasteiger charge is -2.39. The van der Waals surface area contributed by atoms with Crippen molar-refractivity contribution in [2.45, 2.75) is 25.6 Å². The smallest absolute Gasteiger partial charge is 0.145 e. The molecule has 7 nitrogen and oxygen atoms in total. The van der Waals surface area contributed by atoms with Gasteiger partial charge in [0.15, 0.2) is 0 Å². The maximum Gasteiger partial charge on any atom is 0.145 e. The summed E-state index contributed by atoms with van der Waals surface area (Å²) in [5, 5.41) is 6.11. The van der Waals surface area contributed by atoms with Crippen LogP contribution in [0.5, 0.6) is 0 Å². The summed E-state index contributed by atoms with van der Waals surface area (Å²) in [6, 6.07) is 24.8. The Labute approximate surface area is 250 Å². The number of para-hydroxylation sites is 1. The fourth-order valence-corrected chi connectivity index (χ4v) is 5.75. The molecule has 1 N–H and O–H groups in total. The van der Waals surface area contributed by atoms with Crippen LogP contribution in [-0.4, -0.2) is 62.0 Å². The molecule has 3 aromatic carbocycles. The average molecular weight is 587 g/mol. The molecule has 1 aliphatic rings. The third-order valence-corrected chi connectivity index (χ3v) is 8.11. The first kappa shape index (κ1) is 27.7. The first-order valence-electron chi connectivity index (χ1n) is 14.0. The quantitative estimate of drug-likeness (QED) is 0.188. The Morgan fingerprint density at radius 1 is 0.805 bits per heavy atom. The minimum atomic E-state index is 0.140. The van der Waals surface area contributed by atoms with Gasteiger partial charge in [0, 0.05) is 67.1 Å². The molecule has 0 bridgehead atoms. The van der Waals surface area contributed by atoms with E-state index in [9.17, 15) is 0 Å². The molecule has 1 saturated heterocycles. The maximum absolute atomic E-state index is 6.21. The highest BCUT2D eigenvalue weighted by atomic mass is 35.5. The fourth-order valence-electron chi connectivity index (χ4n) is 5.50. The Morgan fingerprint density at radius 2 is 1.49 bits per heavy atom. The number of piperazine rings is 1. The largest absolute Gasteiger partial charge is 0.369 e. The van der Waals surface area contributed by atoms with Crippen molar-refractivity contribution in [3.8, 4) is 0 Å². The van der Waals surface area contributed by atoms with Crippen molar-refractivity contribution in [3.63, 3.8) is 0 Å². The predicted octanol–water partition coefficient (Wildman–Crippen LogP) is 6.54. The van der Waals surface area contributed by atoms with Gasteiger partial charge in [0.05, 0.1) is 24.4 Å². The summed E-state index contributed by atoms with van der Waals surface area (Å²) in [6.45, 7) is 6.19. The van der Waals surface area contributed by atoms with Crippen LogP contribution in [0.2, 0.25) is 10.0 Å². The molecule has 1 fully saturated rings. The van der Waals surface area contributed by atoms with E-state index in [1.165, 1.54) is 11.1 Å². The van der Waals surface area contributed by atoms with Crippen molar-refractivity contribution in [1.82, 2.24) is 29.3 Å². The first-order chi connectivity index (χ1) is 20.1. The van der Waals surface area contributed by atoms with Gasteiger partial charge in [-0.15, -0.1) is 0 Å². The lowest BCUT2D eigenvalue weighted by molar-refractivity contribution is 0.103. The number of aromatic nitrogens is 4. The van der Waals surface area contributed by atoms with Gasteiger partial charge in [-0.25, -0.2) is 15.0 Å². The molecule has 0 aliphatic carbocycles. The number of nitrogens with zero attached hydrogens (tertiary/aromatic N) is 6. The number of benzene rings is 3. The van der Waals surface area contributed by atoms with Crippen LogP contribution in [0.1, 0.15) is 29.4 Å². The molecule has 3 heterocycles. The number of nitrogens with one attached hydrogen (secondary N) is 1. The van der Waals surface area contributed by atoms with Gasteiger partial charge in [-0.3, -0.25) is 9.80 Å². The van der Waals surface area contributed by atoms with E-state index in [4.69, 9.17) is 33.2 Å². The lowest BCUT2D eigenvalue weighted by atomic mass is 9.96. The first-order valence-corrected chi connectivity index (χ1v) is 14.8. The second-order valence-electron chi connectivity index (χ2n) is 10.4. The maximum atomic E-state index is 6.21.